The molecule has 1 amide bonds. The summed E-state index contributed by atoms with van der Waals surface area (Å²) in [4.78, 5) is 12.8. The van der Waals surface area contributed by atoms with E-state index in [4.69, 9.17) is 0 Å². The second kappa shape index (κ2) is 6.61. The van der Waals surface area contributed by atoms with E-state index in [0.717, 1.165) is 20.7 Å². The van der Waals surface area contributed by atoms with Gasteiger partial charge in [0.25, 0.3) is 5.91 Å². The summed E-state index contributed by atoms with van der Waals surface area (Å²) in [5, 5.41) is 13.6. The second-order valence-corrected chi connectivity index (χ2v) is 7.46. The Morgan fingerprint density at radius 2 is 2.15 bits per heavy atom. The minimum Gasteiger partial charge on any atom is -0.390 e. The maximum absolute atomic E-state index is 12.0. The van der Waals surface area contributed by atoms with Crippen molar-refractivity contribution in [1.29, 1.82) is 0 Å². The van der Waals surface area contributed by atoms with Gasteiger partial charge in [0.15, 0.2) is 0 Å². The number of fused-ring (bicyclic) bond motifs is 1. The number of aliphatic hydroxyl groups is 1. The van der Waals surface area contributed by atoms with Crippen LogP contribution in [0.25, 0.3) is 10.1 Å². The van der Waals surface area contributed by atoms with E-state index in [2.05, 4.69) is 5.32 Å². The third-order valence-corrected chi connectivity index (χ3v) is 5.15. The molecule has 0 bridgehead atoms. The number of carbonyl (C=O) groups excluding carboxylic acids is 1. The molecule has 20 heavy (non-hydrogen) atoms. The first-order valence-electron chi connectivity index (χ1n) is 6.53. The summed E-state index contributed by atoms with van der Waals surface area (Å²) < 4.78 is 1.13. The van der Waals surface area contributed by atoms with Gasteiger partial charge < -0.3 is 10.4 Å². The Hall–Kier alpha value is -1.04. The van der Waals surface area contributed by atoms with Crippen LogP contribution in [0.2, 0.25) is 0 Å². The predicted octanol–water partition coefficient (Wildman–Crippen LogP) is 3.14. The van der Waals surface area contributed by atoms with Gasteiger partial charge in [0.05, 0.1) is 10.5 Å². The van der Waals surface area contributed by atoms with Crippen molar-refractivity contribution >= 4 is 39.1 Å². The highest BCUT2D eigenvalue weighted by molar-refractivity contribution is 7.99. The summed E-state index contributed by atoms with van der Waals surface area (Å²) in [6.07, 6.45) is 0. The van der Waals surface area contributed by atoms with E-state index in [1.54, 1.807) is 25.6 Å². The summed E-state index contributed by atoms with van der Waals surface area (Å²) >= 11 is 3.16. The third-order valence-electron chi connectivity index (χ3n) is 2.64. The molecule has 0 unspecified atom stereocenters. The molecular weight excluding hydrogens is 290 g/mol. The standard InChI is InChI=1S/C15H19NO2S2/c1-15(2,18)10-19-8-7-16-14(17)13-9-11-5-3-4-6-12(11)20-13/h3-6,9,18H,7-8,10H2,1-2H3,(H,16,17). The number of thiophene rings is 1. The van der Waals surface area contributed by atoms with Crippen LogP contribution in [0.4, 0.5) is 0 Å². The second-order valence-electron chi connectivity index (χ2n) is 5.27. The van der Waals surface area contributed by atoms with E-state index in [9.17, 15) is 9.90 Å². The van der Waals surface area contributed by atoms with Crippen LogP contribution in [0.15, 0.2) is 30.3 Å². The summed E-state index contributed by atoms with van der Waals surface area (Å²) in [5.41, 5.74) is -0.653. The van der Waals surface area contributed by atoms with Gasteiger partial charge in [-0.05, 0) is 31.4 Å². The van der Waals surface area contributed by atoms with Crippen molar-refractivity contribution in [3.05, 3.63) is 35.2 Å². The lowest BCUT2D eigenvalue weighted by atomic mass is 10.2. The maximum Gasteiger partial charge on any atom is 0.261 e. The van der Waals surface area contributed by atoms with Gasteiger partial charge >= 0.3 is 0 Å². The molecule has 1 heterocycles. The molecule has 0 atom stereocenters. The first kappa shape index (κ1) is 15.4. The Kier molecular flexibility index (Phi) is 5.07. The molecule has 108 valence electrons. The SMILES string of the molecule is CC(C)(O)CSCCNC(=O)c1cc2ccccc2s1. The van der Waals surface area contributed by atoms with Crippen molar-refractivity contribution in [3.63, 3.8) is 0 Å². The quantitative estimate of drug-likeness (QED) is 0.806. The zero-order valence-corrected chi connectivity index (χ0v) is 13.3. The largest absolute Gasteiger partial charge is 0.390 e. The van der Waals surface area contributed by atoms with Crippen molar-refractivity contribution in [2.45, 2.75) is 19.4 Å². The van der Waals surface area contributed by atoms with Gasteiger partial charge in [-0.25, -0.2) is 0 Å². The minimum atomic E-state index is -0.653. The van der Waals surface area contributed by atoms with Crippen molar-refractivity contribution in [2.24, 2.45) is 0 Å². The fourth-order valence-corrected chi connectivity index (χ4v) is 3.61. The minimum absolute atomic E-state index is 0.0185. The topological polar surface area (TPSA) is 49.3 Å². The Bertz CT molecular complexity index is 554. The van der Waals surface area contributed by atoms with Crippen molar-refractivity contribution < 1.29 is 9.90 Å². The van der Waals surface area contributed by atoms with Gasteiger partial charge in [0.1, 0.15) is 0 Å². The number of hydrogen-bond donors (Lipinski definition) is 2. The van der Waals surface area contributed by atoms with Gasteiger partial charge in [-0.15, -0.1) is 11.3 Å². The van der Waals surface area contributed by atoms with Crippen LogP contribution in [0.3, 0.4) is 0 Å². The predicted molar refractivity (Wildman–Crippen MR) is 87.8 cm³/mol. The third kappa shape index (κ3) is 4.51. The van der Waals surface area contributed by atoms with E-state index in [0.29, 0.717) is 12.3 Å². The fourth-order valence-electron chi connectivity index (χ4n) is 1.74. The van der Waals surface area contributed by atoms with Crippen molar-refractivity contribution in [2.75, 3.05) is 18.1 Å². The molecule has 2 rings (SSSR count). The lowest BCUT2D eigenvalue weighted by Crippen LogP contribution is -2.27. The number of rotatable bonds is 6. The highest BCUT2D eigenvalue weighted by Gasteiger charge is 2.12. The van der Waals surface area contributed by atoms with Crippen LogP contribution >= 0.6 is 23.1 Å². The Balaban J connectivity index is 1.80. The van der Waals surface area contributed by atoms with Gasteiger partial charge in [0, 0.05) is 22.8 Å². The smallest absolute Gasteiger partial charge is 0.261 e. The van der Waals surface area contributed by atoms with Gasteiger partial charge in [-0.1, -0.05) is 18.2 Å². The van der Waals surface area contributed by atoms with Crippen LogP contribution < -0.4 is 5.32 Å². The summed E-state index contributed by atoms with van der Waals surface area (Å²) in [7, 11) is 0. The number of carbonyl (C=O) groups is 1. The normalized spacial score (nSPS) is 11.8. The van der Waals surface area contributed by atoms with Crippen LogP contribution in [-0.4, -0.2) is 34.7 Å². The molecule has 0 fully saturated rings. The lowest BCUT2D eigenvalue weighted by molar-refractivity contribution is 0.0960. The van der Waals surface area contributed by atoms with Crippen molar-refractivity contribution in [1.82, 2.24) is 5.32 Å². The van der Waals surface area contributed by atoms with Crippen LogP contribution in [0.5, 0.6) is 0 Å². The van der Waals surface area contributed by atoms with E-state index in [1.165, 1.54) is 11.3 Å². The van der Waals surface area contributed by atoms with E-state index >= 15 is 0 Å². The number of amides is 1. The van der Waals surface area contributed by atoms with Crippen LogP contribution in [0, 0.1) is 0 Å². The lowest BCUT2D eigenvalue weighted by Gasteiger charge is -2.15. The summed E-state index contributed by atoms with van der Waals surface area (Å²) in [6.45, 7) is 4.19. The average molecular weight is 309 g/mol. The fraction of sp³-hybridized carbons (Fsp3) is 0.400. The zero-order valence-electron chi connectivity index (χ0n) is 11.7. The maximum atomic E-state index is 12.0. The number of hydrogen-bond acceptors (Lipinski definition) is 4. The van der Waals surface area contributed by atoms with E-state index < -0.39 is 5.60 Å². The Morgan fingerprint density at radius 3 is 2.85 bits per heavy atom. The molecule has 3 nitrogen and oxygen atoms in total. The molecule has 0 spiro atoms. The molecule has 5 heteroatoms. The molecule has 0 saturated heterocycles. The average Bonchev–Trinajstić information content (AvgIpc) is 2.80. The number of benzene rings is 1. The van der Waals surface area contributed by atoms with E-state index in [1.807, 2.05) is 30.3 Å². The molecule has 2 N–H and O–H groups in total. The Morgan fingerprint density at radius 1 is 1.40 bits per heavy atom. The number of thioether (sulfide) groups is 1. The molecule has 2 aromatic rings. The Labute approximate surface area is 127 Å². The molecular formula is C15H19NO2S2. The van der Waals surface area contributed by atoms with E-state index in [-0.39, 0.29) is 5.91 Å². The molecule has 0 saturated carbocycles. The van der Waals surface area contributed by atoms with Gasteiger partial charge in [-0.3, -0.25) is 4.79 Å². The molecule has 0 radical (unpaired) electrons. The molecule has 0 aliphatic carbocycles. The summed E-state index contributed by atoms with van der Waals surface area (Å²) in [6, 6.07) is 9.93. The van der Waals surface area contributed by atoms with Gasteiger partial charge in [0.2, 0.25) is 0 Å². The van der Waals surface area contributed by atoms with Crippen molar-refractivity contribution in [3.8, 4) is 0 Å². The highest BCUT2D eigenvalue weighted by Crippen LogP contribution is 2.25. The number of nitrogens with one attached hydrogen (secondary N) is 1. The monoisotopic (exact) mass is 309 g/mol. The first-order valence-corrected chi connectivity index (χ1v) is 8.50. The molecule has 1 aromatic carbocycles. The van der Waals surface area contributed by atoms with Gasteiger partial charge in [-0.2, -0.15) is 11.8 Å². The summed E-state index contributed by atoms with van der Waals surface area (Å²) in [5.74, 6) is 1.46. The zero-order chi connectivity index (χ0) is 14.6. The molecule has 0 aliphatic rings. The van der Waals surface area contributed by atoms with Crippen LogP contribution in [-0.2, 0) is 0 Å². The molecule has 1 aromatic heterocycles. The highest BCUT2D eigenvalue weighted by atomic mass is 32.2. The first-order chi connectivity index (χ1) is 9.46. The molecule has 0 aliphatic heterocycles. The van der Waals surface area contributed by atoms with Crippen LogP contribution in [0.1, 0.15) is 23.5 Å².